The number of rotatable bonds is 10. The van der Waals surface area contributed by atoms with Gasteiger partial charge in [0.25, 0.3) is 0 Å². The van der Waals surface area contributed by atoms with Crippen molar-refractivity contribution in [3.05, 3.63) is 89.5 Å². The van der Waals surface area contributed by atoms with Gasteiger partial charge in [-0.15, -0.1) is 0 Å². The highest BCUT2D eigenvalue weighted by Gasteiger charge is 2.07. The molecule has 31 heavy (non-hydrogen) atoms. The summed E-state index contributed by atoms with van der Waals surface area (Å²) in [4.78, 5) is 12.2. The van der Waals surface area contributed by atoms with Gasteiger partial charge in [-0.25, -0.2) is 0 Å². The quantitative estimate of drug-likeness (QED) is 0.319. The summed E-state index contributed by atoms with van der Waals surface area (Å²) in [6.07, 6.45) is 3.15. The van der Waals surface area contributed by atoms with Crippen LogP contribution in [-0.4, -0.2) is 25.7 Å². The number of nitrogens with one attached hydrogen (secondary N) is 1. The highest BCUT2D eigenvalue weighted by molar-refractivity contribution is 6.33. The summed E-state index contributed by atoms with van der Waals surface area (Å²) in [7, 11) is 0. The Morgan fingerprint density at radius 3 is 2.42 bits per heavy atom. The van der Waals surface area contributed by atoms with Gasteiger partial charge in [0, 0.05) is 6.08 Å². The van der Waals surface area contributed by atoms with Crippen LogP contribution in [0, 0.1) is 0 Å². The van der Waals surface area contributed by atoms with Crippen molar-refractivity contribution in [1.29, 1.82) is 0 Å². The van der Waals surface area contributed by atoms with Crippen LogP contribution >= 0.6 is 11.6 Å². The molecule has 0 unspecified atom stereocenters. The molecule has 3 aromatic rings. The smallest absolute Gasteiger partial charge is 0.248 e. The van der Waals surface area contributed by atoms with Crippen LogP contribution in [0.2, 0.25) is 5.02 Å². The Labute approximate surface area is 187 Å². The predicted octanol–water partition coefficient (Wildman–Crippen LogP) is 5.85. The first-order chi connectivity index (χ1) is 15.2. The first-order valence-electron chi connectivity index (χ1n) is 9.97. The number of hydrogen-bond acceptors (Lipinski definition) is 4. The Bertz CT molecular complexity index is 1020. The normalized spacial score (nSPS) is 10.6. The zero-order valence-electron chi connectivity index (χ0n) is 17.2. The SMILES string of the molecule is CCOc1cc(/C=C/C(=O)Nc2ccccc2Cl)ccc1OCCOc1ccccc1. The van der Waals surface area contributed by atoms with E-state index >= 15 is 0 Å². The summed E-state index contributed by atoms with van der Waals surface area (Å²) in [6.45, 7) is 3.20. The number of halogens is 1. The summed E-state index contributed by atoms with van der Waals surface area (Å²) < 4.78 is 17.2. The van der Waals surface area contributed by atoms with E-state index in [1.807, 2.05) is 61.5 Å². The van der Waals surface area contributed by atoms with Gasteiger partial charge < -0.3 is 19.5 Å². The summed E-state index contributed by atoms with van der Waals surface area (Å²) in [5, 5.41) is 3.24. The van der Waals surface area contributed by atoms with Crippen molar-refractivity contribution in [2.24, 2.45) is 0 Å². The molecule has 0 bridgehead atoms. The molecule has 0 spiro atoms. The zero-order chi connectivity index (χ0) is 21.9. The second kappa shape index (κ2) is 11.7. The molecule has 3 rings (SSSR count). The van der Waals surface area contributed by atoms with E-state index in [1.165, 1.54) is 6.08 Å². The van der Waals surface area contributed by atoms with Crippen LogP contribution in [0.5, 0.6) is 17.2 Å². The summed E-state index contributed by atoms with van der Waals surface area (Å²) >= 11 is 6.07. The van der Waals surface area contributed by atoms with Crippen molar-refractivity contribution < 1.29 is 19.0 Å². The second-order valence-electron chi connectivity index (χ2n) is 6.45. The maximum Gasteiger partial charge on any atom is 0.248 e. The van der Waals surface area contributed by atoms with E-state index in [1.54, 1.807) is 24.3 Å². The Hall–Kier alpha value is -3.44. The molecule has 6 heteroatoms. The number of carbonyl (C=O) groups excluding carboxylic acids is 1. The topological polar surface area (TPSA) is 56.8 Å². The van der Waals surface area contributed by atoms with E-state index < -0.39 is 0 Å². The second-order valence-corrected chi connectivity index (χ2v) is 6.86. The lowest BCUT2D eigenvalue weighted by molar-refractivity contribution is -0.111. The minimum atomic E-state index is -0.274. The molecule has 0 aliphatic heterocycles. The molecule has 0 aromatic heterocycles. The first-order valence-corrected chi connectivity index (χ1v) is 10.3. The van der Waals surface area contributed by atoms with Crippen LogP contribution in [0.3, 0.4) is 0 Å². The molecule has 0 atom stereocenters. The van der Waals surface area contributed by atoms with Crippen molar-refractivity contribution in [2.75, 3.05) is 25.1 Å². The van der Waals surface area contributed by atoms with E-state index in [-0.39, 0.29) is 5.91 Å². The molecular weight excluding hydrogens is 414 g/mol. The van der Waals surface area contributed by atoms with Crippen molar-refractivity contribution >= 4 is 29.3 Å². The summed E-state index contributed by atoms with van der Waals surface area (Å²) in [6, 6.07) is 22.2. The van der Waals surface area contributed by atoms with Gasteiger partial charge in [-0.3, -0.25) is 4.79 Å². The first kappa shape index (κ1) is 22.2. The maximum atomic E-state index is 12.2. The Morgan fingerprint density at radius 2 is 1.65 bits per heavy atom. The van der Waals surface area contributed by atoms with Crippen molar-refractivity contribution in [3.63, 3.8) is 0 Å². The molecule has 160 valence electrons. The highest BCUT2D eigenvalue weighted by atomic mass is 35.5. The molecule has 0 aliphatic carbocycles. The fourth-order valence-corrected chi connectivity index (χ4v) is 2.94. The summed E-state index contributed by atoms with van der Waals surface area (Å²) in [5.74, 6) is 1.75. The highest BCUT2D eigenvalue weighted by Crippen LogP contribution is 2.29. The van der Waals surface area contributed by atoms with Gasteiger partial charge in [0.1, 0.15) is 19.0 Å². The molecular formula is C25H24ClNO4. The number of amides is 1. The van der Waals surface area contributed by atoms with Crippen LogP contribution in [0.25, 0.3) is 6.08 Å². The third-order valence-corrected chi connectivity index (χ3v) is 4.51. The number of carbonyl (C=O) groups is 1. The lowest BCUT2D eigenvalue weighted by atomic mass is 10.2. The number of anilines is 1. The van der Waals surface area contributed by atoms with Gasteiger partial charge in [-0.1, -0.05) is 48.0 Å². The zero-order valence-corrected chi connectivity index (χ0v) is 18.0. The van der Waals surface area contributed by atoms with E-state index in [0.29, 0.717) is 42.0 Å². The monoisotopic (exact) mass is 437 g/mol. The molecule has 0 saturated carbocycles. The van der Waals surface area contributed by atoms with E-state index in [4.69, 9.17) is 25.8 Å². The summed E-state index contributed by atoms with van der Waals surface area (Å²) in [5.41, 5.74) is 1.38. The minimum Gasteiger partial charge on any atom is -0.490 e. The average Bonchev–Trinajstić information content (AvgIpc) is 2.79. The third-order valence-electron chi connectivity index (χ3n) is 4.18. The maximum absolute atomic E-state index is 12.2. The average molecular weight is 438 g/mol. The molecule has 1 N–H and O–H groups in total. The van der Waals surface area contributed by atoms with Crippen LogP contribution in [0.1, 0.15) is 12.5 Å². The third kappa shape index (κ3) is 7.08. The number of ether oxygens (including phenoxy) is 3. The van der Waals surface area contributed by atoms with Crippen molar-refractivity contribution in [3.8, 4) is 17.2 Å². The van der Waals surface area contributed by atoms with Gasteiger partial charge in [0.15, 0.2) is 11.5 Å². The van der Waals surface area contributed by atoms with Crippen LogP contribution in [0.4, 0.5) is 5.69 Å². The van der Waals surface area contributed by atoms with E-state index in [2.05, 4.69) is 5.32 Å². The number of hydrogen-bond donors (Lipinski definition) is 1. The Morgan fingerprint density at radius 1 is 0.903 bits per heavy atom. The standard InChI is InChI=1S/C25H24ClNO4/c1-2-29-24-18-19(13-15-25(28)27-22-11-7-6-10-21(22)26)12-14-23(24)31-17-16-30-20-8-4-3-5-9-20/h3-15,18H,2,16-17H2,1H3,(H,27,28)/b15-13+. The fourth-order valence-electron chi connectivity index (χ4n) is 2.75. The lowest BCUT2D eigenvalue weighted by Gasteiger charge is -2.13. The predicted molar refractivity (Wildman–Crippen MR) is 124 cm³/mol. The van der Waals surface area contributed by atoms with Gasteiger partial charge in [-0.2, -0.15) is 0 Å². The molecule has 0 saturated heterocycles. The Kier molecular flexibility index (Phi) is 8.38. The van der Waals surface area contributed by atoms with Crippen LogP contribution in [0.15, 0.2) is 78.9 Å². The number of para-hydroxylation sites is 2. The molecule has 0 heterocycles. The molecule has 0 fully saturated rings. The van der Waals surface area contributed by atoms with Crippen LogP contribution in [-0.2, 0) is 4.79 Å². The van der Waals surface area contributed by atoms with Crippen molar-refractivity contribution in [1.82, 2.24) is 0 Å². The van der Waals surface area contributed by atoms with Gasteiger partial charge in [0.05, 0.1) is 17.3 Å². The van der Waals surface area contributed by atoms with Gasteiger partial charge >= 0.3 is 0 Å². The van der Waals surface area contributed by atoms with Crippen molar-refractivity contribution in [2.45, 2.75) is 6.92 Å². The molecule has 0 aliphatic rings. The Balaban J connectivity index is 1.57. The van der Waals surface area contributed by atoms with Gasteiger partial charge in [0.2, 0.25) is 5.91 Å². The fraction of sp³-hybridized carbons (Fsp3) is 0.160. The van der Waals surface area contributed by atoms with Gasteiger partial charge in [-0.05, 0) is 55.0 Å². The molecule has 3 aromatic carbocycles. The largest absolute Gasteiger partial charge is 0.490 e. The van der Waals surface area contributed by atoms with E-state index in [0.717, 1.165) is 11.3 Å². The minimum absolute atomic E-state index is 0.274. The van der Waals surface area contributed by atoms with E-state index in [9.17, 15) is 4.79 Å². The molecule has 1 amide bonds. The number of benzene rings is 3. The lowest BCUT2D eigenvalue weighted by Crippen LogP contribution is -2.10. The molecule has 0 radical (unpaired) electrons. The molecule has 5 nitrogen and oxygen atoms in total. The van der Waals surface area contributed by atoms with Crippen LogP contribution < -0.4 is 19.5 Å².